The molecule has 116 valence electrons. The number of aryl methyl sites for hydroxylation is 1. The molecule has 4 nitrogen and oxygen atoms in total. The molecule has 0 aromatic carbocycles. The third kappa shape index (κ3) is 5.03. The van der Waals surface area contributed by atoms with Gasteiger partial charge in [0.1, 0.15) is 0 Å². The summed E-state index contributed by atoms with van der Waals surface area (Å²) < 4.78 is 0. The van der Waals surface area contributed by atoms with E-state index in [1.165, 1.54) is 31.2 Å². The summed E-state index contributed by atoms with van der Waals surface area (Å²) in [5.74, 6) is 1.79. The molecule has 1 aromatic heterocycles. The zero-order valence-corrected chi connectivity index (χ0v) is 13.5. The van der Waals surface area contributed by atoms with Crippen molar-refractivity contribution in [3.05, 3.63) is 29.6 Å². The molecule has 4 heteroatoms. The van der Waals surface area contributed by atoms with Gasteiger partial charge in [-0.1, -0.05) is 13.0 Å². The summed E-state index contributed by atoms with van der Waals surface area (Å²) in [5.41, 5.74) is 2.25. The van der Waals surface area contributed by atoms with Crippen molar-refractivity contribution >= 4 is 5.96 Å². The van der Waals surface area contributed by atoms with E-state index in [1.807, 2.05) is 12.3 Å². The molecule has 1 aliphatic rings. The molecule has 0 aliphatic heterocycles. The third-order valence-electron chi connectivity index (χ3n) is 4.21. The molecule has 0 amide bonds. The van der Waals surface area contributed by atoms with Gasteiger partial charge in [0, 0.05) is 18.8 Å². The van der Waals surface area contributed by atoms with Crippen molar-refractivity contribution in [2.24, 2.45) is 10.9 Å². The standard InChI is InChI=1S/C17H28N4/c1-4-18-17(21-15-9-7-13(2)8-10-15)20-12-16-14(3)6-5-11-19-16/h5-6,11,13,15H,4,7-10,12H2,1-3H3,(H2,18,20,21). The summed E-state index contributed by atoms with van der Waals surface area (Å²) >= 11 is 0. The van der Waals surface area contributed by atoms with Gasteiger partial charge < -0.3 is 10.6 Å². The number of nitrogens with zero attached hydrogens (tertiary/aromatic N) is 2. The van der Waals surface area contributed by atoms with E-state index in [-0.39, 0.29) is 0 Å². The Kier molecular flexibility index (Phi) is 6.03. The van der Waals surface area contributed by atoms with E-state index >= 15 is 0 Å². The Labute approximate surface area is 128 Å². The van der Waals surface area contributed by atoms with Crippen molar-refractivity contribution in [1.29, 1.82) is 0 Å². The Morgan fingerprint density at radius 1 is 1.33 bits per heavy atom. The van der Waals surface area contributed by atoms with Gasteiger partial charge in [-0.25, -0.2) is 4.99 Å². The van der Waals surface area contributed by atoms with Gasteiger partial charge in [0.05, 0.1) is 12.2 Å². The van der Waals surface area contributed by atoms with Crippen molar-refractivity contribution in [3.63, 3.8) is 0 Å². The van der Waals surface area contributed by atoms with E-state index < -0.39 is 0 Å². The predicted molar refractivity (Wildman–Crippen MR) is 88.3 cm³/mol. The number of aliphatic imine (C=N–C) groups is 1. The van der Waals surface area contributed by atoms with Crippen LogP contribution in [-0.4, -0.2) is 23.5 Å². The first-order valence-corrected chi connectivity index (χ1v) is 8.14. The fourth-order valence-electron chi connectivity index (χ4n) is 2.76. The molecule has 1 aliphatic carbocycles. The Bertz CT molecular complexity index is 462. The molecule has 2 N–H and O–H groups in total. The molecular formula is C17H28N4. The maximum Gasteiger partial charge on any atom is 0.191 e. The van der Waals surface area contributed by atoms with Crippen molar-refractivity contribution in [3.8, 4) is 0 Å². The van der Waals surface area contributed by atoms with Crippen LogP contribution in [0.4, 0.5) is 0 Å². The topological polar surface area (TPSA) is 49.3 Å². The first-order chi connectivity index (χ1) is 10.2. The second-order valence-electron chi connectivity index (χ2n) is 6.06. The van der Waals surface area contributed by atoms with E-state index in [2.05, 4.69) is 47.4 Å². The van der Waals surface area contributed by atoms with Crippen LogP contribution in [0.5, 0.6) is 0 Å². The maximum atomic E-state index is 4.69. The van der Waals surface area contributed by atoms with Crippen LogP contribution in [0.2, 0.25) is 0 Å². The molecule has 2 rings (SSSR count). The fourth-order valence-corrected chi connectivity index (χ4v) is 2.76. The number of hydrogen-bond donors (Lipinski definition) is 2. The van der Waals surface area contributed by atoms with Gasteiger partial charge in [-0.15, -0.1) is 0 Å². The molecule has 21 heavy (non-hydrogen) atoms. The average Bonchev–Trinajstić information content (AvgIpc) is 2.49. The number of rotatable bonds is 4. The van der Waals surface area contributed by atoms with Crippen LogP contribution in [-0.2, 0) is 6.54 Å². The zero-order chi connectivity index (χ0) is 15.1. The van der Waals surface area contributed by atoms with Crippen LogP contribution in [0.15, 0.2) is 23.3 Å². The van der Waals surface area contributed by atoms with E-state index in [0.717, 1.165) is 24.1 Å². The maximum absolute atomic E-state index is 4.69. The minimum atomic E-state index is 0.559. The predicted octanol–water partition coefficient (Wildman–Crippen LogP) is 3.02. The molecule has 0 bridgehead atoms. The minimum Gasteiger partial charge on any atom is -0.357 e. The SMILES string of the molecule is CCNC(=NCc1ncccc1C)NC1CCC(C)CC1. The monoisotopic (exact) mass is 288 g/mol. The Balaban J connectivity index is 1.94. The first-order valence-electron chi connectivity index (χ1n) is 8.14. The lowest BCUT2D eigenvalue weighted by Crippen LogP contribution is -2.44. The molecular weight excluding hydrogens is 260 g/mol. The summed E-state index contributed by atoms with van der Waals surface area (Å²) in [4.78, 5) is 9.09. The van der Waals surface area contributed by atoms with E-state index in [0.29, 0.717) is 12.6 Å². The van der Waals surface area contributed by atoms with Gasteiger partial charge in [0.25, 0.3) is 0 Å². The number of nitrogens with one attached hydrogen (secondary N) is 2. The van der Waals surface area contributed by atoms with E-state index in [1.54, 1.807) is 0 Å². The molecule has 1 aromatic rings. The summed E-state index contributed by atoms with van der Waals surface area (Å²) in [7, 11) is 0. The Hall–Kier alpha value is -1.58. The van der Waals surface area contributed by atoms with E-state index in [4.69, 9.17) is 0 Å². The summed E-state index contributed by atoms with van der Waals surface area (Å²) in [6, 6.07) is 4.61. The number of hydrogen-bond acceptors (Lipinski definition) is 2. The Morgan fingerprint density at radius 2 is 2.10 bits per heavy atom. The molecule has 0 atom stereocenters. The summed E-state index contributed by atoms with van der Waals surface area (Å²) in [6.07, 6.45) is 6.95. The highest BCUT2D eigenvalue weighted by Gasteiger charge is 2.18. The molecule has 0 saturated heterocycles. The van der Waals surface area contributed by atoms with Gasteiger partial charge >= 0.3 is 0 Å². The van der Waals surface area contributed by atoms with Gasteiger partial charge in [-0.05, 0) is 57.1 Å². The zero-order valence-electron chi connectivity index (χ0n) is 13.5. The van der Waals surface area contributed by atoms with Crippen molar-refractivity contribution in [2.75, 3.05) is 6.54 Å². The highest BCUT2D eigenvalue weighted by molar-refractivity contribution is 5.80. The smallest absolute Gasteiger partial charge is 0.191 e. The quantitative estimate of drug-likeness (QED) is 0.661. The molecule has 0 unspecified atom stereocenters. The van der Waals surface area contributed by atoms with E-state index in [9.17, 15) is 0 Å². The normalized spacial score (nSPS) is 22.9. The second-order valence-corrected chi connectivity index (χ2v) is 6.06. The lowest BCUT2D eigenvalue weighted by atomic mass is 9.87. The van der Waals surface area contributed by atoms with Crippen molar-refractivity contribution in [2.45, 2.75) is 59.0 Å². The third-order valence-corrected chi connectivity index (χ3v) is 4.21. The van der Waals surface area contributed by atoms with Crippen LogP contribution in [0.25, 0.3) is 0 Å². The fraction of sp³-hybridized carbons (Fsp3) is 0.647. The number of pyridine rings is 1. The van der Waals surface area contributed by atoms with Gasteiger partial charge in [-0.3, -0.25) is 4.98 Å². The van der Waals surface area contributed by atoms with Gasteiger partial charge in [-0.2, -0.15) is 0 Å². The highest BCUT2D eigenvalue weighted by atomic mass is 15.2. The van der Waals surface area contributed by atoms with Crippen LogP contribution >= 0.6 is 0 Å². The molecule has 1 saturated carbocycles. The van der Waals surface area contributed by atoms with Crippen LogP contribution in [0.3, 0.4) is 0 Å². The minimum absolute atomic E-state index is 0.559. The summed E-state index contributed by atoms with van der Waals surface area (Å²) in [5, 5.41) is 6.92. The van der Waals surface area contributed by atoms with Crippen LogP contribution < -0.4 is 10.6 Å². The largest absolute Gasteiger partial charge is 0.357 e. The summed E-state index contributed by atoms with van der Waals surface area (Å²) in [6.45, 7) is 8.05. The van der Waals surface area contributed by atoms with Crippen molar-refractivity contribution < 1.29 is 0 Å². The van der Waals surface area contributed by atoms with Gasteiger partial charge in [0.2, 0.25) is 0 Å². The van der Waals surface area contributed by atoms with Gasteiger partial charge in [0.15, 0.2) is 5.96 Å². The molecule has 0 radical (unpaired) electrons. The Morgan fingerprint density at radius 3 is 2.76 bits per heavy atom. The van der Waals surface area contributed by atoms with Crippen LogP contribution in [0, 0.1) is 12.8 Å². The lowest BCUT2D eigenvalue weighted by molar-refractivity contribution is 0.329. The van der Waals surface area contributed by atoms with Crippen LogP contribution in [0.1, 0.15) is 50.8 Å². The average molecular weight is 288 g/mol. The number of aromatic nitrogens is 1. The molecule has 0 spiro atoms. The molecule has 1 heterocycles. The number of guanidine groups is 1. The lowest BCUT2D eigenvalue weighted by Gasteiger charge is -2.28. The first kappa shape index (κ1) is 15.8. The second kappa shape index (κ2) is 8.01. The molecule has 1 fully saturated rings. The van der Waals surface area contributed by atoms with Crippen molar-refractivity contribution in [1.82, 2.24) is 15.6 Å². The highest BCUT2D eigenvalue weighted by Crippen LogP contribution is 2.23.